The molecule has 2 aromatic rings. The molecule has 27 heavy (non-hydrogen) atoms. The monoisotopic (exact) mass is 408 g/mol. The number of hydrogen-bond acceptors (Lipinski definition) is 7. The molecule has 0 aliphatic heterocycles. The van der Waals surface area contributed by atoms with Gasteiger partial charge in [-0.1, -0.05) is 23.7 Å². The summed E-state index contributed by atoms with van der Waals surface area (Å²) in [5.41, 5.74) is 7.05. The number of anilines is 1. The van der Waals surface area contributed by atoms with E-state index in [1.54, 1.807) is 38.1 Å². The number of thiocarbonyl (C=S) groups is 1. The molecule has 0 aliphatic rings. The van der Waals surface area contributed by atoms with Crippen LogP contribution in [0, 0.1) is 0 Å². The lowest BCUT2D eigenvalue weighted by molar-refractivity contribution is 0.0526. The predicted octanol–water partition coefficient (Wildman–Crippen LogP) is 3.18. The van der Waals surface area contributed by atoms with Crippen LogP contribution in [0.3, 0.4) is 0 Å². The minimum Gasteiger partial charge on any atom is -0.462 e. The molecule has 2 rings (SSSR count). The van der Waals surface area contributed by atoms with Gasteiger partial charge in [0.25, 0.3) is 0 Å². The fourth-order valence-electron chi connectivity index (χ4n) is 2.10. The Morgan fingerprint density at radius 2 is 1.78 bits per heavy atom. The molecule has 10 heteroatoms. The van der Waals surface area contributed by atoms with Crippen LogP contribution in [0.5, 0.6) is 0 Å². The minimum absolute atomic E-state index is 0.0787. The van der Waals surface area contributed by atoms with Crippen molar-refractivity contribution in [2.24, 2.45) is 5.73 Å². The Balaban J connectivity index is 2.40. The van der Waals surface area contributed by atoms with Crippen molar-refractivity contribution in [2.45, 2.75) is 13.8 Å². The zero-order valence-corrected chi connectivity index (χ0v) is 16.2. The van der Waals surface area contributed by atoms with Gasteiger partial charge in [0.2, 0.25) is 5.95 Å². The molecular formula is C17H17ClN4O4S. The highest BCUT2D eigenvalue weighted by atomic mass is 35.5. The molecule has 1 amide bonds. The molecule has 0 spiro atoms. The Morgan fingerprint density at radius 1 is 1.15 bits per heavy atom. The molecule has 0 fully saturated rings. The van der Waals surface area contributed by atoms with E-state index in [4.69, 9.17) is 39.0 Å². The van der Waals surface area contributed by atoms with Crippen molar-refractivity contribution in [3.8, 4) is 11.3 Å². The topological polar surface area (TPSA) is 108 Å². The van der Waals surface area contributed by atoms with Crippen LogP contribution < -0.4 is 10.6 Å². The van der Waals surface area contributed by atoms with E-state index in [1.165, 1.54) is 6.07 Å². The second-order valence-electron chi connectivity index (χ2n) is 5.05. The van der Waals surface area contributed by atoms with Crippen molar-refractivity contribution < 1.29 is 19.1 Å². The molecule has 0 saturated heterocycles. The number of nitrogens with zero attached hydrogens (tertiary/aromatic N) is 3. The molecule has 0 unspecified atom stereocenters. The molecule has 0 bridgehead atoms. The van der Waals surface area contributed by atoms with Crippen LogP contribution >= 0.6 is 23.8 Å². The van der Waals surface area contributed by atoms with Crippen molar-refractivity contribution >= 4 is 46.9 Å². The Kier molecular flexibility index (Phi) is 7.03. The van der Waals surface area contributed by atoms with Gasteiger partial charge in [0.1, 0.15) is 5.15 Å². The number of hydrogen-bond donors (Lipinski definition) is 1. The average molecular weight is 409 g/mol. The van der Waals surface area contributed by atoms with E-state index in [1.807, 2.05) is 0 Å². The summed E-state index contributed by atoms with van der Waals surface area (Å²) in [6.07, 6.45) is -0.809. The Bertz CT molecular complexity index is 861. The summed E-state index contributed by atoms with van der Waals surface area (Å²) in [5, 5.41) is -0.200. The normalized spacial score (nSPS) is 10.2. The average Bonchev–Trinajstić information content (AvgIpc) is 2.61. The van der Waals surface area contributed by atoms with Crippen LogP contribution in [0.1, 0.15) is 24.2 Å². The van der Waals surface area contributed by atoms with E-state index in [0.717, 1.165) is 4.90 Å². The van der Waals surface area contributed by atoms with Gasteiger partial charge in [-0.3, -0.25) is 0 Å². The molecule has 1 aromatic carbocycles. The van der Waals surface area contributed by atoms with Crippen LogP contribution in [0.2, 0.25) is 5.15 Å². The molecule has 0 saturated carbocycles. The fourth-order valence-corrected chi connectivity index (χ4v) is 2.44. The van der Waals surface area contributed by atoms with E-state index < -0.39 is 12.1 Å². The number of benzene rings is 1. The van der Waals surface area contributed by atoms with Crippen molar-refractivity contribution in [3.05, 3.63) is 41.0 Å². The first kappa shape index (κ1) is 20.5. The summed E-state index contributed by atoms with van der Waals surface area (Å²) in [6, 6.07) is 8.04. The van der Waals surface area contributed by atoms with Gasteiger partial charge in [-0.05, 0) is 38.2 Å². The summed E-state index contributed by atoms with van der Waals surface area (Å²) < 4.78 is 9.86. The first-order valence-electron chi connectivity index (χ1n) is 7.95. The molecule has 0 aliphatic carbocycles. The predicted molar refractivity (Wildman–Crippen MR) is 105 cm³/mol. The zero-order chi connectivity index (χ0) is 20.0. The van der Waals surface area contributed by atoms with Gasteiger partial charge in [0, 0.05) is 11.6 Å². The Labute approximate surface area is 166 Å². The van der Waals surface area contributed by atoms with Crippen molar-refractivity contribution in [3.63, 3.8) is 0 Å². The number of aromatic nitrogens is 2. The van der Waals surface area contributed by atoms with Crippen LogP contribution in [0.25, 0.3) is 11.3 Å². The molecular weight excluding hydrogens is 392 g/mol. The quantitative estimate of drug-likeness (QED) is 0.456. The summed E-state index contributed by atoms with van der Waals surface area (Å²) in [4.78, 5) is 33.0. The minimum atomic E-state index is -0.809. The third-order valence-corrected chi connectivity index (χ3v) is 3.62. The molecule has 1 aromatic heterocycles. The first-order chi connectivity index (χ1) is 12.9. The van der Waals surface area contributed by atoms with Crippen molar-refractivity contribution in [1.82, 2.24) is 9.97 Å². The Morgan fingerprint density at radius 3 is 2.33 bits per heavy atom. The van der Waals surface area contributed by atoms with Crippen molar-refractivity contribution in [1.29, 1.82) is 0 Å². The third kappa shape index (κ3) is 5.11. The largest absolute Gasteiger partial charge is 0.462 e. The van der Waals surface area contributed by atoms with Gasteiger partial charge in [-0.2, -0.15) is 4.90 Å². The van der Waals surface area contributed by atoms with Gasteiger partial charge in [-0.25, -0.2) is 19.6 Å². The lowest BCUT2D eigenvalue weighted by Crippen LogP contribution is -2.42. The molecule has 1 heterocycles. The maximum Gasteiger partial charge on any atom is 0.423 e. The summed E-state index contributed by atoms with van der Waals surface area (Å²) in [7, 11) is 0. The molecule has 2 N–H and O–H groups in total. The SMILES string of the molecule is CCOC(=O)c1ccc(-c2cc(Cl)nc(N(C(=O)OCC)C(N)=S)n2)cc1. The third-order valence-electron chi connectivity index (χ3n) is 3.25. The maximum atomic E-state index is 12.1. The van der Waals surface area contributed by atoms with Crippen LogP contribution in [-0.4, -0.2) is 40.4 Å². The lowest BCUT2D eigenvalue weighted by atomic mass is 10.1. The van der Waals surface area contributed by atoms with E-state index in [-0.39, 0.29) is 29.4 Å². The van der Waals surface area contributed by atoms with Crippen LogP contribution in [0.4, 0.5) is 10.7 Å². The van der Waals surface area contributed by atoms with Gasteiger partial charge in [-0.15, -0.1) is 0 Å². The Hall–Kier alpha value is -2.78. The summed E-state index contributed by atoms with van der Waals surface area (Å²) in [6.45, 7) is 3.79. The number of carbonyl (C=O) groups excluding carboxylic acids is 2. The first-order valence-corrected chi connectivity index (χ1v) is 8.74. The van der Waals surface area contributed by atoms with Gasteiger partial charge in [0.15, 0.2) is 5.11 Å². The van der Waals surface area contributed by atoms with E-state index in [9.17, 15) is 9.59 Å². The zero-order valence-electron chi connectivity index (χ0n) is 14.6. The van der Waals surface area contributed by atoms with E-state index in [0.29, 0.717) is 16.8 Å². The van der Waals surface area contributed by atoms with Gasteiger partial charge in [0.05, 0.1) is 24.5 Å². The van der Waals surface area contributed by atoms with E-state index in [2.05, 4.69) is 9.97 Å². The number of amides is 1. The number of esters is 1. The van der Waals surface area contributed by atoms with Gasteiger partial charge >= 0.3 is 12.1 Å². The fraction of sp³-hybridized carbons (Fsp3) is 0.235. The second-order valence-corrected chi connectivity index (χ2v) is 5.85. The van der Waals surface area contributed by atoms with E-state index >= 15 is 0 Å². The number of rotatable bonds is 5. The highest BCUT2D eigenvalue weighted by Gasteiger charge is 2.24. The smallest absolute Gasteiger partial charge is 0.423 e. The highest BCUT2D eigenvalue weighted by Crippen LogP contribution is 2.24. The summed E-state index contributed by atoms with van der Waals surface area (Å²) in [5.74, 6) is -0.537. The van der Waals surface area contributed by atoms with Gasteiger partial charge < -0.3 is 15.2 Å². The van der Waals surface area contributed by atoms with Crippen LogP contribution in [0.15, 0.2) is 30.3 Å². The van der Waals surface area contributed by atoms with Crippen LogP contribution in [-0.2, 0) is 9.47 Å². The second kappa shape index (κ2) is 9.24. The molecule has 0 radical (unpaired) electrons. The number of carbonyl (C=O) groups is 2. The number of ether oxygens (including phenoxy) is 2. The molecule has 8 nitrogen and oxygen atoms in total. The maximum absolute atomic E-state index is 12.1. The lowest BCUT2D eigenvalue weighted by Gasteiger charge is -2.18. The van der Waals surface area contributed by atoms with Crippen molar-refractivity contribution in [2.75, 3.05) is 18.1 Å². The number of halogens is 1. The molecule has 0 atom stereocenters. The molecule has 142 valence electrons. The number of nitrogens with two attached hydrogens (primary N) is 1. The standard InChI is InChI=1S/C17H17ClN4O4S/c1-3-25-14(23)11-7-5-10(6-8-11)12-9-13(18)21-16(20-12)22(15(19)27)17(24)26-4-2/h5-9H,3-4H2,1-2H3,(H2,19,27). The summed E-state index contributed by atoms with van der Waals surface area (Å²) >= 11 is 11.0. The highest BCUT2D eigenvalue weighted by molar-refractivity contribution is 7.80.